The number of carbonyl (C=O) groups excluding carboxylic acids is 4. The number of rotatable bonds is 3. The Bertz CT molecular complexity index is 273. The molecule has 0 saturated carbocycles. The quantitative estimate of drug-likeness (QED) is 0.358. The molecule has 2 radical (unpaired) electrons. The summed E-state index contributed by atoms with van der Waals surface area (Å²) in [7, 11) is 0. The maximum atomic E-state index is 9.63. The second kappa shape index (κ2) is 12.3. The van der Waals surface area contributed by atoms with Gasteiger partial charge in [0.05, 0.1) is 23.9 Å². The van der Waals surface area contributed by atoms with Crippen LogP contribution in [0.15, 0.2) is 0 Å². The van der Waals surface area contributed by atoms with Gasteiger partial charge in [0.25, 0.3) is 0 Å². The zero-order valence-electron chi connectivity index (χ0n) is 7.92. The largest absolute Gasteiger partial charge is 2.00 e. The van der Waals surface area contributed by atoms with E-state index in [9.17, 15) is 19.8 Å². The Morgan fingerprint density at radius 1 is 0.667 bits per heavy atom. The van der Waals surface area contributed by atoms with E-state index in [0.29, 0.717) is 0 Å². The van der Waals surface area contributed by atoms with Gasteiger partial charge in [-0.15, -0.1) is 0 Å². The van der Waals surface area contributed by atoms with Crippen molar-refractivity contribution >= 4 is 23.9 Å². The molecule has 0 aromatic heterocycles. The molecule has 0 aliphatic heterocycles. The number of hydrogen-bond acceptors (Lipinski definition) is 10. The van der Waals surface area contributed by atoms with E-state index in [-0.39, 0.29) is 34.1 Å². The molecule has 110 valence electrons. The molecular formula is C6H4Cu2O10. The van der Waals surface area contributed by atoms with Crippen LogP contribution >= 0.6 is 0 Å². The van der Waals surface area contributed by atoms with Crippen LogP contribution in [0.3, 0.4) is 0 Å². The summed E-state index contributed by atoms with van der Waals surface area (Å²) in [6.45, 7) is 0. The standard InChI is InChI=1S/C4H6O6.C2H2O4.2Cu/c5-1(3(7)8)2(6)4(9)10;3-1(4)2(5)6;;/h1-2,5-6H,(H,7,8)(H,9,10);(H,3,4)(H,5,6);;/q;;2*+2/p-4. The molecule has 2 N–H and O–H groups in total. The second-order valence-corrected chi connectivity index (χ2v) is 2.10. The summed E-state index contributed by atoms with van der Waals surface area (Å²) < 4.78 is 0. The van der Waals surface area contributed by atoms with Crippen molar-refractivity contribution < 1.29 is 84.0 Å². The first-order chi connectivity index (χ1) is 7.11. The molecule has 0 spiro atoms. The molecule has 2 unspecified atom stereocenters. The van der Waals surface area contributed by atoms with Crippen LogP contribution < -0.4 is 20.4 Å². The first-order valence-corrected chi connectivity index (χ1v) is 3.31. The van der Waals surface area contributed by atoms with Crippen molar-refractivity contribution in [1.82, 2.24) is 0 Å². The third kappa shape index (κ3) is 12.9. The second-order valence-electron chi connectivity index (χ2n) is 2.10. The Morgan fingerprint density at radius 2 is 0.833 bits per heavy atom. The molecule has 0 aliphatic carbocycles. The Labute approximate surface area is 120 Å². The molecule has 0 aliphatic rings. The fraction of sp³-hybridized carbons (Fsp3) is 0.333. The van der Waals surface area contributed by atoms with Crippen molar-refractivity contribution in [2.24, 2.45) is 0 Å². The van der Waals surface area contributed by atoms with Crippen LogP contribution in [-0.4, -0.2) is 46.3 Å². The van der Waals surface area contributed by atoms with Crippen molar-refractivity contribution in [3.63, 3.8) is 0 Å². The number of hydrogen-bond donors (Lipinski definition) is 2. The summed E-state index contributed by atoms with van der Waals surface area (Å²) in [5.74, 6) is -8.49. The predicted octanol–water partition coefficient (Wildman–Crippen LogP) is -8.31. The van der Waals surface area contributed by atoms with Gasteiger partial charge < -0.3 is 49.8 Å². The third-order valence-electron chi connectivity index (χ3n) is 0.949. The van der Waals surface area contributed by atoms with Gasteiger partial charge in [0.1, 0.15) is 12.2 Å². The summed E-state index contributed by atoms with van der Waals surface area (Å²) in [5, 5.41) is 53.6. The zero-order chi connectivity index (χ0) is 13.5. The summed E-state index contributed by atoms with van der Waals surface area (Å²) in [6.07, 6.45) is -4.88. The molecule has 0 amide bonds. The van der Waals surface area contributed by atoms with Crippen LogP contribution in [0.25, 0.3) is 0 Å². The Hall–Kier alpha value is -1.16. The molecule has 0 aromatic carbocycles. The molecule has 0 bridgehead atoms. The van der Waals surface area contributed by atoms with Crippen LogP contribution in [0.2, 0.25) is 0 Å². The summed E-state index contributed by atoms with van der Waals surface area (Å²) >= 11 is 0. The molecule has 2 atom stereocenters. The van der Waals surface area contributed by atoms with Gasteiger partial charge in [0.15, 0.2) is 0 Å². The first-order valence-electron chi connectivity index (χ1n) is 3.31. The Kier molecular flexibility index (Phi) is 17.5. The predicted molar refractivity (Wildman–Crippen MR) is 32.0 cm³/mol. The van der Waals surface area contributed by atoms with Gasteiger partial charge >= 0.3 is 34.1 Å². The molecule has 0 aromatic rings. The molecule has 0 saturated heterocycles. The number of carboxylic acids is 4. The molecule has 12 heteroatoms. The topological polar surface area (TPSA) is 201 Å². The average molecular weight is 363 g/mol. The van der Waals surface area contributed by atoms with E-state index >= 15 is 0 Å². The van der Waals surface area contributed by atoms with Crippen LogP contribution in [0.4, 0.5) is 0 Å². The molecule has 18 heavy (non-hydrogen) atoms. The first kappa shape index (κ1) is 25.6. The number of aliphatic hydroxyl groups is 2. The molecule has 0 fully saturated rings. The van der Waals surface area contributed by atoms with E-state index in [4.69, 9.17) is 30.0 Å². The van der Waals surface area contributed by atoms with E-state index in [2.05, 4.69) is 0 Å². The van der Waals surface area contributed by atoms with Gasteiger partial charge in [-0.25, -0.2) is 0 Å². The van der Waals surface area contributed by atoms with Crippen molar-refractivity contribution in [2.75, 3.05) is 0 Å². The maximum absolute atomic E-state index is 9.63. The van der Waals surface area contributed by atoms with E-state index in [0.717, 1.165) is 0 Å². The maximum Gasteiger partial charge on any atom is 2.00 e. The van der Waals surface area contributed by atoms with Crippen LogP contribution in [0, 0.1) is 0 Å². The normalized spacial score (nSPS) is 11.2. The fourth-order valence-electron chi connectivity index (χ4n) is 0.258. The van der Waals surface area contributed by atoms with Gasteiger partial charge in [-0.2, -0.15) is 0 Å². The monoisotopic (exact) mass is 362 g/mol. The Balaban J connectivity index is -0.000000108. The van der Waals surface area contributed by atoms with Crippen molar-refractivity contribution in [3.05, 3.63) is 0 Å². The average Bonchev–Trinajstić information content (AvgIpc) is 2.15. The van der Waals surface area contributed by atoms with E-state index in [1.807, 2.05) is 0 Å². The van der Waals surface area contributed by atoms with E-state index in [1.165, 1.54) is 0 Å². The number of aliphatic hydroxyl groups excluding tert-OH is 2. The summed E-state index contributed by atoms with van der Waals surface area (Å²) in [5.41, 5.74) is 0. The van der Waals surface area contributed by atoms with Crippen molar-refractivity contribution in [2.45, 2.75) is 12.2 Å². The number of carboxylic acid groups (broad SMARTS) is 4. The summed E-state index contributed by atoms with van der Waals surface area (Å²) in [6, 6.07) is 0. The minimum absolute atomic E-state index is 0. The van der Waals surface area contributed by atoms with E-state index in [1.54, 1.807) is 0 Å². The van der Waals surface area contributed by atoms with Crippen LogP contribution in [0.1, 0.15) is 0 Å². The van der Waals surface area contributed by atoms with Crippen molar-refractivity contribution in [1.29, 1.82) is 0 Å². The smallest absolute Gasteiger partial charge is 0.547 e. The summed E-state index contributed by atoms with van der Waals surface area (Å²) in [4.78, 5) is 37.1. The number of carbonyl (C=O) groups is 4. The van der Waals surface area contributed by atoms with Gasteiger partial charge in [0.2, 0.25) is 0 Å². The molecule has 0 rings (SSSR count). The molecular weight excluding hydrogens is 359 g/mol. The van der Waals surface area contributed by atoms with Crippen LogP contribution in [0.5, 0.6) is 0 Å². The SMILES string of the molecule is O=C([O-])C(=O)[O-].O=C([O-])C(O)C(O)C(=O)[O-].[Cu+2].[Cu+2]. The van der Waals surface area contributed by atoms with E-state index < -0.39 is 36.1 Å². The molecule has 0 heterocycles. The minimum Gasteiger partial charge on any atom is -0.547 e. The zero-order valence-corrected chi connectivity index (χ0v) is 9.80. The van der Waals surface area contributed by atoms with Crippen molar-refractivity contribution in [3.8, 4) is 0 Å². The van der Waals surface area contributed by atoms with Gasteiger partial charge in [-0.3, -0.25) is 0 Å². The van der Waals surface area contributed by atoms with Gasteiger partial charge in [-0.1, -0.05) is 0 Å². The fourth-order valence-corrected chi connectivity index (χ4v) is 0.258. The van der Waals surface area contributed by atoms with Crippen LogP contribution in [-0.2, 0) is 53.3 Å². The van der Waals surface area contributed by atoms with Gasteiger partial charge in [-0.05, 0) is 0 Å². The Morgan fingerprint density at radius 3 is 0.889 bits per heavy atom. The van der Waals surface area contributed by atoms with Gasteiger partial charge in [0, 0.05) is 0 Å². The number of aliphatic carboxylic acids is 4. The minimum atomic E-state index is -2.44. The third-order valence-corrected chi connectivity index (χ3v) is 0.949. The molecule has 10 nitrogen and oxygen atoms in total.